The van der Waals surface area contributed by atoms with Crippen molar-refractivity contribution in [2.75, 3.05) is 11.6 Å². The van der Waals surface area contributed by atoms with Gasteiger partial charge in [-0.25, -0.2) is 22.8 Å². The highest BCUT2D eigenvalue weighted by atomic mass is 32.2. The standard InChI is InChI=1S/C20H17FN4O2S/c1-28(26,27)16-4-2-3-14(11-16)18(13-5-7-15(21)8-6-13)25-20-17-9-10-22-19(17)23-12-24-20/h2-12,18H,1H3,(H2,22,23,24,25). The van der Waals surface area contributed by atoms with Crippen LogP contribution in [0.1, 0.15) is 17.2 Å². The molecule has 0 amide bonds. The second-order valence-corrected chi connectivity index (χ2v) is 8.45. The number of anilines is 1. The third-order valence-corrected chi connectivity index (χ3v) is 5.57. The minimum atomic E-state index is -3.36. The van der Waals surface area contributed by atoms with Crippen molar-refractivity contribution < 1.29 is 12.8 Å². The second-order valence-electron chi connectivity index (χ2n) is 6.44. The van der Waals surface area contributed by atoms with Crippen molar-refractivity contribution in [3.8, 4) is 0 Å². The van der Waals surface area contributed by atoms with Gasteiger partial charge in [-0.3, -0.25) is 0 Å². The van der Waals surface area contributed by atoms with Crippen LogP contribution in [0.25, 0.3) is 11.0 Å². The summed E-state index contributed by atoms with van der Waals surface area (Å²) in [6.45, 7) is 0. The molecule has 0 aliphatic rings. The van der Waals surface area contributed by atoms with Crippen molar-refractivity contribution in [2.24, 2.45) is 0 Å². The maximum Gasteiger partial charge on any atom is 0.175 e. The fourth-order valence-electron chi connectivity index (χ4n) is 3.06. The van der Waals surface area contributed by atoms with E-state index in [9.17, 15) is 12.8 Å². The molecule has 2 N–H and O–H groups in total. The molecule has 28 heavy (non-hydrogen) atoms. The molecule has 2 heterocycles. The molecule has 1 unspecified atom stereocenters. The van der Waals surface area contributed by atoms with Crippen molar-refractivity contribution in [3.63, 3.8) is 0 Å². The van der Waals surface area contributed by atoms with E-state index in [1.165, 1.54) is 24.7 Å². The highest BCUT2D eigenvalue weighted by Gasteiger charge is 2.19. The number of aromatic amines is 1. The number of hydrogen-bond acceptors (Lipinski definition) is 5. The summed E-state index contributed by atoms with van der Waals surface area (Å²) in [5.41, 5.74) is 2.17. The lowest BCUT2D eigenvalue weighted by Crippen LogP contribution is -2.14. The van der Waals surface area contributed by atoms with Crippen LogP contribution in [0.2, 0.25) is 0 Å². The van der Waals surface area contributed by atoms with E-state index in [2.05, 4.69) is 20.3 Å². The number of nitrogens with one attached hydrogen (secondary N) is 2. The predicted octanol–water partition coefficient (Wildman–Crippen LogP) is 3.70. The van der Waals surface area contributed by atoms with Gasteiger partial charge < -0.3 is 10.3 Å². The van der Waals surface area contributed by atoms with Gasteiger partial charge in [0.05, 0.1) is 16.3 Å². The van der Waals surface area contributed by atoms with Crippen LogP contribution >= 0.6 is 0 Å². The summed E-state index contributed by atoms with van der Waals surface area (Å²) in [4.78, 5) is 11.7. The molecule has 0 saturated heterocycles. The Balaban J connectivity index is 1.83. The van der Waals surface area contributed by atoms with Crippen LogP contribution in [0.3, 0.4) is 0 Å². The van der Waals surface area contributed by atoms with Gasteiger partial charge in [-0.1, -0.05) is 24.3 Å². The molecule has 0 aliphatic heterocycles. The fraction of sp³-hybridized carbons (Fsp3) is 0.100. The van der Waals surface area contributed by atoms with E-state index in [1.807, 2.05) is 12.1 Å². The first-order chi connectivity index (χ1) is 13.4. The Morgan fingerprint density at radius 3 is 2.57 bits per heavy atom. The Labute approximate surface area is 161 Å². The molecular formula is C20H17FN4O2S. The van der Waals surface area contributed by atoms with Crippen molar-refractivity contribution in [2.45, 2.75) is 10.9 Å². The molecule has 4 rings (SSSR count). The van der Waals surface area contributed by atoms with E-state index in [1.54, 1.807) is 36.5 Å². The van der Waals surface area contributed by atoms with E-state index >= 15 is 0 Å². The van der Waals surface area contributed by atoms with Crippen LogP contribution in [0.15, 0.2) is 72.0 Å². The number of benzene rings is 2. The zero-order valence-electron chi connectivity index (χ0n) is 14.9. The van der Waals surface area contributed by atoms with Crippen LogP contribution in [0.4, 0.5) is 10.2 Å². The smallest absolute Gasteiger partial charge is 0.175 e. The average Bonchev–Trinajstić information content (AvgIpc) is 3.16. The zero-order valence-corrected chi connectivity index (χ0v) is 15.7. The van der Waals surface area contributed by atoms with E-state index in [4.69, 9.17) is 0 Å². The van der Waals surface area contributed by atoms with Gasteiger partial charge in [-0.05, 0) is 41.5 Å². The number of sulfone groups is 1. The molecule has 0 spiro atoms. The number of fused-ring (bicyclic) bond motifs is 1. The van der Waals surface area contributed by atoms with Gasteiger partial charge in [-0.2, -0.15) is 0 Å². The van der Waals surface area contributed by atoms with Crippen molar-refractivity contribution in [3.05, 3.63) is 84.1 Å². The maximum atomic E-state index is 13.4. The normalized spacial score (nSPS) is 12.8. The summed E-state index contributed by atoms with van der Waals surface area (Å²) in [7, 11) is -3.36. The first-order valence-corrected chi connectivity index (χ1v) is 10.4. The number of H-pyrrole nitrogens is 1. The molecule has 0 saturated carbocycles. The van der Waals surface area contributed by atoms with Gasteiger partial charge in [0.1, 0.15) is 23.6 Å². The Morgan fingerprint density at radius 1 is 1.04 bits per heavy atom. The first-order valence-electron chi connectivity index (χ1n) is 8.52. The Kier molecular flexibility index (Phi) is 4.56. The molecule has 1 atom stereocenters. The molecule has 0 bridgehead atoms. The molecule has 6 nitrogen and oxygen atoms in total. The highest BCUT2D eigenvalue weighted by molar-refractivity contribution is 7.90. The summed E-state index contributed by atoms with van der Waals surface area (Å²) < 4.78 is 37.4. The van der Waals surface area contributed by atoms with Gasteiger partial charge in [-0.15, -0.1) is 0 Å². The predicted molar refractivity (Wildman–Crippen MR) is 105 cm³/mol. The maximum absolute atomic E-state index is 13.4. The molecule has 2 aromatic heterocycles. The summed E-state index contributed by atoms with van der Waals surface area (Å²) in [6.07, 6.45) is 4.37. The van der Waals surface area contributed by atoms with E-state index in [-0.39, 0.29) is 10.7 Å². The van der Waals surface area contributed by atoms with E-state index in [0.717, 1.165) is 16.5 Å². The molecule has 8 heteroatoms. The molecular weight excluding hydrogens is 379 g/mol. The Morgan fingerprint density at radius 2 is 1.82 bits per heavy atom. The average molecular weight is 396 g/mol. The Bertz CT molecular complexity index is 1240. The van der Waals surface area contributed by atoms with Gasteiger partial charge in [0.15, 0.2) is 9.84 Å². The second kappa shape index (κ2) is 7.05. The molecule has 0 fully saturated rings. The quantitative estimate of drug-likeness (QED) is 0.537. The van der Waals surface area contributed by atoms with E-state index < -0.39 is 15.9 Å². The van der Waals surface area contributed by atoms with Crippen molar-refractivity contribution in [1.29, 1.82) is 0 Å². The number of halogens is 1. The molecule has 2 aromatic carbocycles. The number of rotatable bonds is 5. The van der Waals surface area contributed by atoms with Crippen LogP contribution in [-0.2, 0) is 9.84 Å². The zero-order chi connectivity index (χ0) is 19.7. The monoisotopic (exact) mass is 396 g/mol. The lowest BCUT2D eigenvalue weighted by Gasteiger charge is -2.21. The van der Waals surface area contributed by atoms with Gasteiger partial charge in [0, 0.05) is 12.5 Å². The summed E-state index contributed by atoms with van der Waals surface area (Å²) in [6, 6.07) is 14.2. The van der Waals surface area contributed by atoms with Crippen molar-refractivity contribution in [1.82, 2.24) is 15.0 Å². The van der Waals surface area contributed by atoms with Crippen LogP contribution in [0, 0.1) is 5.82 Å². The third kappa shape index (κ3) is 3.59. The molecule has 142 valence electrons. The first kappa shape index (κ1) is 18.1. The topological polar surface area (TPSA) is 87.7 Å². The molecule has 0 aliphatic carbocycles. The minimum absolute atomic E-state index is 0.216. The SMILES string of the molecule is CS(=O)(=O)c1cccc(C(Nc2ncnc3[nH]ccc23)c2ccc(F)cc2)c1. The van der Waals surface area contributed by atoms with Crippen LogP contribution < -0.4 is 5.32 Å². The highest BCUT2D eigenvalue weighted by Crippen LogP contribution is 2.30. The number of hydrogen-bond donors (Lipinski definition) is 2. The van der Waals surface area contributed by atoms with Crippen LogP contribution in [0.5, 0.6) is 0 Å². The lowest BCUT2D eigenvalue weighted by atomic mass is 9.98. The van der Waals surface area contributed by atoms with Crippen molar-refractivity contribution >= 4 is 26.7 Å². The van der Waals surface area contributed by atoms with Gasteiger partial charge in [0.25, 0.3) is 0 Å². The largest absolute Gasteiger partial charge is 0.358 e. The minimum Gasteiger partial charge on any atom is -0.358 e. The fourth-order valence-corrected chi connectivity index (χ4v) is 3.74. The third-order valence-electron chi connectivity index (χ3n) is 4.46. The van der Waals surface area contributed by atoms with Gasteiger partial charge in [0.2, 0.25) is 0 Å². The number of aromatic nitrogens is 3. The summed E-state index contributed by atoms with van der Waals surface area (Å²) in [5.74, 6) is 0.243. The van der Waals surface area contributed by atoms with Gasteiger partial charge >= 0.3 is 0 Å². The summed E-state index contributed by atoms with van der Waals surface area (Å²) >= 11 is 0. The number of nitrogens with zero attached hydrogens (tertiary/aromatic N) is 2. The lowest BCUT2D eigenvalue weighted by molar-refractivity contribution is 0.601. The molecule has 0 radical (unpaired) electrons. The molecule has 4 aromatic rings. The Hall–Kier alpha value is -3.26. The van der Waals surface area contributed by atoms with Crippen LogP contribution in [-0.4, -0.2) is 29.6 Å². The van der Waals surface area contributed by atoms with E-state index in [0.29, 0.717) is 11.5 Å². The summed E-state index contributed by atoms with van der Waals surface area (Å²) in [5, 5.41) is 4.15.